The van der Waals surface area contributed by atoms with Crippen LogP contribution >= 0.6 is 0 Å². The highest BCUT2D eigenvalue weighted by atomic mass is 16.5. The number of hydrogen-bond donors (Lipinski definition) is 3. The van der Waals surface area contributed by atoms with Crippen molar-refractivity contribution in [3.8, 4) is 11.1 Å². The second-order valence-corrected chi connectivity index (χ2v) is 9.90. The molecular formula is C27H32N2O5. The highest BCUT2D eigenvalue weighted by Crippen LogP contribution is 2.44. The molecule has 7 heteroatoms. The Morgan fingerprint density at radius 3 is 2.24 bits per heavy atom. The molecule has 7 nitrogen and oxygen atoms in total. The molecule has 2 aromatic carbocycles. The first-order valence-electron chi connectivity index (χ1n) is 11.9. The molecule has 3 N–H and O–H groups in total. The van der Waals surface area contributed by atoms with Crippen LogP contribution in [0.15, 0.2) is 48.5 Å². The molecule has 1 saturated carbocycles. The summed E-state index contributed by atoms with van der Waals surface area (Å²) in [4.78, 5) is 36.8. The molecule has 0 saturated heterocycles. The number of benzene rings is 2. The van der Waals surface area contributed by atoms with E-state index in [9.17, 15) is 14.4 Å². The molecule has 4 rings (SSSR count). The molecule has 0 bridgehead atoms. The van der Waals surface area contributed by atoms with Crippen molar-refractivity contribution in [3.05, 3.63) is 59.7 Å². The molecule has 2 unspecified atom stereocenters. The van der Waals surface area contributed by atoms with Crippen LogP contribution in [0.5, 0.6) is 0 Å². The Balaban J connectivity index is 1.41. The van der Waals surface area contributed by atoms with Crippen molar-refractivity contribution in [3.63, 3.8) is 0 Å². The van der Waals surface area contributed by atoms with Crippen molar-refractivity contribution in [1.29, 1.82) is 0 Å². The summed E-state index contributed by atoms with van der Waals surface area (Å²) in [7, 11) is 0. The second-order valence-electron chi connectivity index (χ2n) is 9.90. The molecule has 2 aliphatic carbocycles. The van der Waals surface area contributed by atoms with Crippen LogP contribution in [0.1, 0.15) is 63.0 Å². The van der Waals surface area contributed by atoms with Gasteiger partial charge in [-0.25, -0.2) is 4.79 Å². The second kappa shape index (κ2) is 9.87. The van der Waals surface area contributed by atoms with Crippen LogP contribution in [0.3, 0.4) is 0 Å². The molecule has 2 aliphatic rings. The van der Waals surface area contributed by atoms with Crippen LogP contribution in [0.4, 0.5) is 4.79 Å². The molecule has 180 valence electrons. The number of rotatable bonds is 8. The Bertz CT molecular complexity index is 1030. The van der Waals surface area contributed by atoms with Gasteiger partial charge in [-0.15, -0.1) is 0 Å². The molecule has 2 atom stereocenters. The summed E-state index contributed by atoms with van der Waals surface area (Å²) in [5, 5.41) is 14.7. The lowest BCUT2D eigenvalue weighted by atomic mass is 9.87. The first-order chi connectivity index (χ1) is 16.3. The minimum atomic E-state index is -1.02. The van der Waals surface area contributed by atoms with Crippen LogP contribution in [0.2, 0.25) is 0 Å². The normalized spacial score (nSPS) is 19.1. The zero-order valence-corrected chi connectivity index (χ0v) is 19.7. The highest BCUT2D eigenvalue weighted by Gasteiger charge is 2.37. The monoisotopic (exact) mass is 464 g/mol. The number of alkyl carbamates (subject to hydrolysis) is 1. The number of nitrogens with one attached hydrogen (secondary N) is 2. The number of carboxylic acid groups (broad SMARTS) is 1. The predicted octanol–water partition coefficient (Wildman–Crippen LogP) is 4.45. The predicted molar refractivity (Wildman–Crippen MR) is 128 cm³/mol. The van der Waals surface area contributed by atoms with Crippen LogP contribution in [0, 0.1) is 5.41 Å². The molecule has 0 aliphatic heterocycles. The SMILES string of the molecule is CC1(C)CCCC1NC(=O)C(CCC(=O)O)NC(=O)OCC1c2ccccc2-c2ccccc21. The van der Waals surface area contributed by atoms with Gasteiger partial charge < -0.3 is 20.5 Å². The first kappa shape index (κ1) is 23.8. The molecule has 1 fully saturated rings. The molecule has 0 heterocycles. The van der Waals surface area contributed by atoms with E-state index in [1.165, 1.54) is 0 Å². The summed E-state index contributed by atoms with van der Waals surface area (Å²) >= 11 is 0. The molecule has 2 aromatic rings. The van der Waals surface area contributed by atoms with Gasteiger partial charge in [-0.05, 0) is 46.9 Å². The summed E-state index contributed by atoms with van der Waals surface area (Å²) < 4.78 is 5.56. The molecule has 2 amide bonds. The first-order valence-corrected chi connectivity index (χ1v) is 11.9. The Morgan fingerprint density at radius 1 is 1.06 bits per heavy atom. The zero-order chi connectivity index (χ0) is 24.3. The largest absolute Gasteiger partial charge is 0.481 e. The summed E-state index contributed by atoms with van der Waals surface area (Å²) in [5.74, 6) is -1.48. The van der Waals surface area contributed by atoms with Gasteiger partial charge in [0.25, 0.3) is 0 Å². The van der Waals surface area contributed by atoms with Gasteiger partial charge >= 0.3 is 12.1 Å². The smallest absolute Gasteiger partial charge is 0.407 e. The number of carbonyl (C=O) groups is 3. The van der Waals surface area contributed by atoms with Crippen LogP contribution in [-0.4, -0.2) is 41.8 Å². The summed E-state index contributed by atoms with van der Waals surface area (Å²) in [6, 6.07) is 15.1. The lowest BCUT2D eigenvalue weighted by Crippen LogP contribution is -2.52. The van der Waals surface area contributed by atoms with Crippen LogP contribution < -0.4 is 10.6 Å². The van der Waals surface area contributed by atoms with Gasteiger partial charge in [0.1, 0.15) is 12.6 Å². The van der Waals surface area contributed by atoms with Crippen molar-refractivity contribution in [1.82, 2.24) is 10.6 Å². The number of carbonyl (C=O) groups excluding carboxylic acids is 2. The van der Waals surface area contributed by atoms with Crippen LogP contribution in [0.25, 0.3) is 11.1 Å². The van der Waals surface area contributed by atoms with Gasteiger partial charge in [-0.2, -0.15) is 0 Å². The quantitative estimate of drug-likeness (QED) is 0.535. The molecule has 0 spiro atoms. The van der Waals surface area contributed by atoms with E-state index in [1.54, 1.807) is 0 Å². The maximum Gasteiger partial charge on any atom is 0.407 e. The zero-order valence-electron chi connectivity index (χ0n) is 19.7. The van der Waals surface area contributed by atoms with Gasteiger partial charge in [0.2, 0.25) is 5.91 Å². The third-order valence-electron chi connectivity index (χ3n) is 7.17. The van der Waals surface area contributed by atoms with Crippen LogP contribution in [-0.2, 0) is 14.3 Å². The van der Waals surface area contributed by atoms with E-state index in [0.29, 0.717) is 0 Å². The van der Waals surface area contributed by atoms with E-state index >= 15 is 0 Å². The van der Waals surface area contributed by atoms with Gasteiger partial charge in [0.15, 0.2) is 0 Å². The summed E-state index contributed by atoms with van der Waals surface area (Å²) in [5.41, 5.74) is 4.42. The Morgan fingerprint density at radius 2 is 1.68 bits per heavy atom. The average Bonchev–Trinajstić information content (AvgIpc) is 3.31. The van der Waals surface area contributed by atoms with Gasteiger partial charge in [0, 0.05) is 18.4 Å². The lowest BCUT2D eigenvalue weighted by Gasteiger charge is -2.29. The molecule has 0 aromatic heterocycles. The maximum absolute atomic E-state index is 12.9. The standard InChI is InChI=1S/C27H32N2O5/c1-27(2)15-7-12-23(27)29-25(32)22(13-14-24(30)31)28-26(33)34-16-21-19-10-5-3-8-17(19)18-9-4-6-11-20(18)21/h3-6,8-11,21-23H,7,12-16H2,1-2H3,(H,28,33)(H,29,32)(H,30,31). The Labute approximate surface area is 199 Å². The molecular weight excluding hydrogens is 432 g/mol. The number of hydrogen-bond acceptors (Lipinski definition) is 4. The number of ether oxygens (including phenoxy) is 1. The topological polar surface area (TPSA) is 105 Å². The Hall–Kier alpha value is -3.35. The van der Waals surface area contributed by atoms with Gasteiger partial charge in [0.05, 0.1) is 0 Å². The number of carboxylic acids is 1. The van der Waals surface area contributed by atoms with E-state index in [0.717, 1.165) is 41.5 Å². The fraction of sp³-hybridized carbons (Fsp3) is 0.444. The molecule has 0 radical (unpaired) electrons. The third-order valence-corrected chi connectivity index (χ3v) is 7.17. The summed E-state index contributed by atoms with van der Waals surface area (Å²) in [6.45, 7) is 4.34. The van der Waals surface area contributed by atoms with Crippen molar-refractivity contribution >= 4 is 18.0 Å². The fourth-order valence-electron chi connectivity index (χ4n) is 5.19. The highest BCUT2D eigenvalue weighted by molar-refractivity contribution is 5.86. The minimum Gasteiger partial charge on any atom is -0.481 e. The average molecular weight is 465 g/mol. The van der Waals surface area contributed by atoms with E-state index < -0.39 is 18.1 Å². The van der Waals surface area contributed by atoms with E-state index in [1.807, 2.05) is 36.4 Å². The molecule has 34 heavy (non-hydrogen) atoms. The van der Waals surface area contributed by atoms with Crippen molar-refractivity contribution in [2.75, 3.05) is 6.61 Å². The van der Waals surface area contributed by atoms with E-state index in [2.05, 4.69) is 36.6 Å². The maximum atomic E-state index is 12.9. The lowest BCUT2D eigenvalue weighted by molar-refractivity contribution is -0.137. The fourth-order valence-corrected chi connectivity index (χ4v) is 5.19. The van der Waals surface area contributed by atoms with Crippen molar-refractivity contribution < 1.29 is 24.2 Å². The van der Waals surface area contributed by atoms with Crippen molar-refractivity contribution in [2.24, 2.45) is 5.41 Å². The van der Waals surface area contributed by atoms with Crippen molar-refractivity contribution in [2.45, 2.75) is 64.0 Å². The van der Waals surface area contributed by atoms with E-state index in [-0.39, 0.29) is 42.7 Å². The number of fused-ring (bicyclic) bond motifs is 3. The van der Waals surface area contributed by atoms with Gasteiger partial charge in [-0.3, -0.25) is 9.59 Å². The number of amides is 2. The van der Waals surface area contributed by atoms with Gasteiger partial charge in [-0.1, -0.05) is 68.8 Å². The van der Waals surface area contributed by atoms with E-state index in [4.69, 9.17) is 9.84 Å². The number of aliphatic carboxylic acids is 1. The Kier molecular flexibility index (Phi) is 6.91. The summed E-state index contributed by atoms with van der Waals surface area (Å²) in [6.07, 6.45) is 1.96. The minimum absolute atomic E-state index is 0.00148. The third kappa shape index (κ3) is 5.08.